The molecule has 0 spiro atoms. The Morgan fingerprint density at radius 2 is 2.00 bits per heavy atom. The number of pyridine rings is 1. The second-order valence-corrected chi connectivity index (χ2v) is 5.17. The molecular formula is C15H9ClF3N3O2. The highest BCUT2D eigenvalue weighted by Crippen LogP contribution is 2.28. The molecule has 1 heterocycles. The Morgan fingerprint density at radius 3 is 2.62 bits per heavy atom. The number of carbonyl (C=O) groups is 1. The van der Waals surface area contributed by atoms with Gasteiger partial charge in [0.05, 0.1) is 16.8 Å². The van der Waals surface area contributed by atoms with Crippen molar-refractivity contribution in [2.45, 2.75) is 12.7 Å². The normalized spacial score (nSPS) is 11.0. The van der Waals surface area contributed by atoms with E-state index in [1.54, 1.807) is 0 Å². The first kappa shape index (κ1) is 17.6. The number of halogens is 4. The first-order chi connectivity index (χ1) is 11.2. The van der Waals surface area contributed by atoms with E-state index in [1.807, 2.05) is 6.07 Å². The summed E-state index contributed by atoms with van der Waals surface area (Å²) in [6, 6.07) is 7.38. The monoisotopic (exact) mass is 355 g/mol. The predicted octanol–water partition coefficient (Wildman–Crippen LogP) is 3.03. The van der Waals surface area contributed by atoms with Gasteiger partial charge in [0.2, 0.25) is 5.91 Å². The molecule has 0 aliphatic heterocycles. The number of amides is 1. The van der Waals surface area contributed by atoms with E-state index in [4.69, 9.17) is 16.9 Å². The topological polar surface area (TPSA) is 74.9 Å². The van der Waals surface area contributed by atoms with Gasteiger partial charge in [0, 0.05) is 17.3 Å². The Kier molecular flexibility index (Phi) is 4.95. The molecule has 9 heteroatoms. The van der Waals surface area contributed by atoms with Crippen LogP contribution >= 0.6 is 11.6 Å². The van der Waals surface area contributed by atoms with E-state index in [1.165, 1.54) is 18.2 Å². The van der Waals surface area contributed by atoms with Gasteiger partial charge in [-0.15, -0.1) is 0 Å². The number of aromatic nitrogens is 1. The highest BCUT2D eigenvalue weighted by atomic mass is 35.5. The van der Waals surface area contributed by atoms with Crippen LogP contribution in [-0.2, 0) is 17.5 Å². The maximum Gasteiger partial charge on any atom is 0.417 e. The highest BCUT2D eigenvalue weighted by Gasteiger charge is 2.31. The van der Waals surface area contributed by atoms with E-state index in [0.717, 1.165) is 6.07 Å². The lowest BCUT2D eigenvalue weighted by Gasteiger charge is -2.11. The molecule has 1 amide bonds. The van der Waals surface area contributed by atoms with Crippen molar-refractivity contribution in [3.05, 3.63) is 63.0 Å². The molecule has 0 atom stereocenters. The number of hydrogen-bond acceptors (Lipinski definition) is 3. The fraction of sp³-hybridized carbons (Fsp3) is 0.133. The van der Waals surface area contributed by atoms with Crippen LogP contribution in [0.2, 0.25) is 5.02 Å². The fourth-order valence-electron chi connectivity index (χ4n) is 1.88. The second-order valence-electron chi connectivity index (χ2n) is 4.73. The van der Waals surface area contributed by atoms with Crippen LogP contribution in [0.15, 0.2) is 41.3 Å². The van der Waals surface area contributed by atoms with Gasteiger partial charge in [-0.05, 0) is 24.3 Å². The third-order valence-electron chi connectivity index (χ3n) is 3.00. The predicted molar refractivity (Wildman–Crippen MR) is 80.5 cm³/mol. The van der Waals surface area contributed by atoms with Crippen LogP contribution in [0.3, 0.4) is 0 Å². The van der Waals surface area contributed by atoms with Crippen molar-refractivity contribution in [1.29, 1.82) is 5.26 Å². The summed E-state index contributed by atoms with van der Waals surface area (Å²) in [5.74, 6) is -0.768. The second kappa shape index (κ2) is 6.76. The van der Waals surface area contributed by atoms with E-state index < -0.39 is 29.8 Å². The van der Waals surface area contributed by atoms with Crippen molar-refractivity contribution in [1.82, 2.24) is 4.57 Å². The van der Waals surface area contributed by atoms with Crippen LogP contribution in [0.5, 0.6) is 0 Å². The number of hydrogen-bond donors (Lipinski definition) is 1. The number of anilines is 1. The molecule has 0 unspecified atom stereocenters. The fourth-order valence-corrected chi connectivity index (χ4v) is 2.06. The maximum atomic E-state index is 12.7. The Balaban J connectivity index is 2.24. The average Bonchev–Trinajstić information content (AvgIpc) is 2.48. The molecule has 0 aliphatic carbocycles. The van der Waals surface area contributed by atoms with Crippen molar-refractivity contribution in [2.24, 2.45) is 0 Å². The van der Waals surface area contributed by atoms with Gasteiger partial charge in [-0.3, -0.25) is 9.59 Å². The summed E-state index contributed by atoms with van der Waals surface area (Å²) in [6.07, 6.45) is -4.07. The third-order valence-corrected chi connectivity index (χ3v) is 3.24. The Hall–Kier alpha value is -2.79. The van der Waals surface area contributed by atoms with Crippen LogP contribution < -0.4 is 10.9 Å². The summed E-state index contributed by atoms with van der Waals surface area (Å²) in [5, 5.41) is 11.6. The van der Waals surface area contributed by atoms with Gasteiger partial charge < -0.3 is 9.88 Å². The minimum absolute atomic E-state index is 0.107. The molecular weight excluding hydrogens is 347 g/mol. The van der Waals surface area contributed by atoms with Crippen molar-refractivity contribution in [3.63, 3.8) is 0 Å². The Bertz CT molecular complexity index is 885. The number of alkyl halides is 3. The summed E-state index contributed by atoms with van der Waals surface area (Å²) in [4.78, 5) is 23.6. The van der Waals surface area contributed by atoms with Gasteiger partial charge in [0.15, 0.2) is 0 Å². The van der Waals surface area contributed by atoms with Gasteiger partial charge in [-0.1, -0.05) is 11.6 Å². The number of benzene rings is 1. The molecule has 124 valence electrons. The summed E-state index contributed by atoms with van der Waals surface area (Å²) in [6.45, 7) is -0.639. The van der Waals surface area contributed by atoms with E-state index in [0.29, 0.717) is 16.8 Å². The molecule has 0 saturated carbocycles. The smallest absolute Gasteiger partial charge is 0.323 e. The molecule has 0 aliphatic rings. The summed E-state index contributed by atoms with van der Waals surface area (Å²) in [5.41, 5.74) is -1.57. The van der Waals surface area contributed by atoms with E-state index in [2.05, 4.69) is 5.32 Å². The van der Waals surface area contributed by atoms with Gasteiger partial charge in [0.25, 0.3) is 5.56 Å². The summed E-state index contributed by atoms with van der Waals surface area (Å²) < 4.78 is 38.6. The first-order valence-electron chi connectivity index (χ1n) is 6.48. The van der Waals surface area contributed by atoms with Crippen molar-refractivity contribution in [2.75, 3.05) is 5.32 Å². The first-order valence-corrected chi connectivity index (χ1v) is 6.85. The van der Waals surface area contributed by atoms with E-state index >= 15 is 0 Å². The molecule has 1 N–H and O–H groups in total. The quantitative estimate of drug-likeness (QED) is 0.919. The largest absolute Gasteiger partial charge is 0.417 e. The summed E-state index contributed by atoms with van der Waals surface area (Å²) in [7, 11) is 0. The third kappa shape index (κ3) is 4.14. The van der Waals surface area contributed by atoms with E-state index in [9.17, 15) is 22.8 Å². The van der Waals surface area contributed by atoms with Gasteiger partial charge in [-0.25, -0.2) is 0 Å². The molecule has 1 aromatic heterocycles. The van der Waals surface area contributed by atoms with Crippen LogP contribution in [0, 0.1) is 11.3 Å². The average molecular weight is 356 g/mol. The minimum Gasteiger partial charge on any atom is -0.323 e. The van der Waals surface area contributed by atoms with E-state index in [-0.39, 0.29) is 16.3 Å². The molecule has 0 radical (unpaired) electrons. The number of nitriles is 1. The van der Waals surface area contributed by atoms with Crippen molar-refractivity contribution < 1.29 is 18.0 Å². The standard InChI is InChI=1S/C15H9ClF3N3O2/c16-11-3-1-9(6-20)12(5-11)21-13(23)8-22-7-10(15(17,18)19)2-4-14(22)24/h1-5,7H,8H2,(H,21,23). The molecule has 1 aromatic carbocycles. The zero-order valence-electron chi connectivity index (χ0n) is 11.9. The van der Waals surface area contributed by atoms with Gasteiger partial charge in [-0.2, -0.15) is 18.4 Å². The minimum atomic E-state index is -4.63. The number of rotatable bonds is 3. The number of nitrogens with one attached hydrogen (secondary N) is 1. The molecule has 0 bridgehead atoms. The maximum absolute atomic E-state index is 12.7. The SMILES string of the molecule is N#Cc1ccc(Cl)cc1NC(=O)Cn1cc(C(F)(F)F)ccc1=O. The van der Waals surface area contributed by atoms with Crippen LogP contribution in [0.1, 0.15) is 11.1 Å². The summed E-state index contributed by atoms with van der Waals surface area (Å²) >= 11 is 5.77. The Labute approximate surface area is 138 Å². The molecule has 0 fully saturated rings. The molecule has 0 saturated heterocycles. The number of carbonyl (C=O) groups excluding carboxylic acids is 1. The van der Waals surface area contributed by atoms with Gasteiger partial charge >= 0.3 is 6.18 Å². The lowest BCUT2D eigenvalue weighted by atomic mass is 10.2. The highest BCUT2D eigenvalue weighted by molar-refractivity contribution is 6.31. The molecule has 24 heavy (non-hydrogen) atoms. The van der Waals surface area contributed by atoms with Crippen LogP contribution in [-0.4, -0.2) is 10.5 Å². The Morgan fingerprint density at radius 1 is 1.29 bits per heavy atom. The lowest BCUT2D eigenvalue weighted by molar-refractivity contribution is -0.138. The zero-order chi connectivity index (χ0) is 17.9. The molecule has 2 aromatic rings. The molecule has 5 nitrogen and oxygen atoms in total. The van der Waals surface area contributed by atoms with Crippen molar-refractivity contribution in [3.8, 4) is 6.07 Å². The number of nitrogens with zero attached hydrogens (tertiary/aromatic N) is 2. The van der Waals surface area contributed by atoms with Crippen molar-refractivity contribution >= 4 is 23.2 Å². The zero-order valence-corrected chi connectivity index (χ0v) is 12.6. The molecule has 2 rings (SSSR count). The van der Waals surface area contributed by atoms with Crippen LogP contribution in [0.4, 0.5) is 18.9 Å². The van der Waals surface area contributed by atoms with Gasteiger partial charge in [0.1, 0.15) is 12.6 Å². The van der Waals surface area contributed by atoms with Crippen LogP contribution in [0.25, 0.3) is 0 Å². The lowest BCUT2D eigenvalue weighted by Crippen LogP contribution is -2.28.